The summed E-state index contributed by atoms with van der Waals surface area (Å²) in [6.07, 6.45) is 8.00. The third kappa shape index (κ3) is 2.34. The number of aldehydes is 1. The molecule has 0 N–H and O–H groups in total. The van der Waals surface area contributed by atoms with Gasteiger partial charge in [-0.2, -0.15) is 0 Å². The van der Waals surface area contributed by atoms with Crippen molar-refractivity contribution in [2.45, 2.75) is 50.0 Å². The summed E-state index contributed by atoms with van der Waals surface area (Å²) in [6.45, 7) is 0. The molecule has 2 aliphatic carbocycles. The number of methoxy groups -OCH3 is 1. The van der Waals surface area contributed by atoms with Crippen molar-refractivity contribution in [2.24, 2.45) is 0 Å². The summed E-state index contributed by atoms with van der Waals surface area (Å²) < 4.78 is 11.4. The minimum absolute atomic E-state index is 0.250. The molecule has 0 atom stereocenters. The second-order valence-corrected chi connectivity index (χ2v) is 5.66. The Hall–Kier alpha value is -1.51. The Labute approximate surface area is 113 Å². The first-order valence-electron chi connectivity index (χ1n) is 7.09. The van der Waals surface area contributed by atoms with Crippen LogP contribution in [0.1, 0.15) is 44.1 Å². The van der Waals surface area contributed by atoms with Gasteiger partial charge in [0.15, 0.2) is 11.5 Å². The summed E-state index contributed by atoms with van der Waals surface area (Å²) in [7, 11) is 1.66. The monoisotopic (exact) mass is 260 g/mol. The van der Waals surface area contributed by atoms with Crippen molar-refractivity contribution < 1.29 is 14.3 Å². The highest BCUT2D eigenvalue weighted by Crippen LogP contribution is 2.48. The molecule has 3 heteroatoms. The Morgan fingerprint density at radius 3 is 2.53 bits per heavy atom. The van der Waals surface area contributed by atoms with E-state index in [4.69, 9.17) is 9.47 Å². The van der Waals surface area contributed by atoms with Crippen LogP contribution in [0.25, 0.3) is 0 Å². The molecule has 2 fully saturated rings. The molecule has 0 bridgehead atoms. The van der Waals surface area contributed by atoms with E-state index in [1.165, 1.54) is 12.8 Å². The SMILES string of the molecule is COc1ccc(C2(C=O)CC2)cc1OC1CCCC1. The first kappa shape index (κ1) is 12.5. The molecule has 2 saturated carbocycles. The topological polar surface area (TPSA) is 35.5 Å². The molecular formula is C16H20O3. The van der Waals surface area contributed by atoms with Crippen molar-refractivity contribution in [3.05, 3.63) is 23.8 Å². The summed E-state index contributed by atoms with van der Waals surface area (Å²) in [5.41, 5.74) is 0.816. The summed E-state index contributed by atoms with van der Waals surface area (Å²) in [4.78, 5) is 11.2. The second-order valence-electron chi connectivity index (χ2n) is 5.66. The summed E-state index contributed by atoms with van der Waals surface area (Å²) in [6, 6.07) is 5.91. The summed E-state index contributed by atoms with van der Waals surface area (Å²) in [5, 5.41) is 0. The van der Waals surface area contributed by atoms with Gasteiger partial charge in [-0.15, -0.1) is 0 Å². The Morgan fingerprint density at radius 2 is 1.95 bits per heavy atom. The van der Waals surface area contributed by atoms with Gasteiger partial charge in [0.05, 0.1) is 18.6 Å². The Morgan fingerprint density at radius 1 is 1.21 bits per heavy atom. The van der Waals surface area contributed by atoms with E-state index in [1.54, 1.807) is 7.11 Å². The number of benzene rings is 1. The smallest absolute Gasteiger partial charge is 0.161 e. The van der Waals surface area contributed by atoms with Crippen molar-refractivity contribution >= 4 is 6.29 Å². The molecule has 3 rings (SSSR count). The predicted octanol–water partition coefficient (Wildman–Crippen LogP) is 3.25. The molecule has 0 unspecified atom stereocenters. The normalized spacial score (nSPS) is 21.1. The fraction of sp³-hybridized carbons (Fsp3) is 0.562. The van der Waals surface area contributed by atoms with Gasteiger partial charge in [0.2, 0.25) is 0 Å². The molecule has 0 aliphatic heterocycles. The Balaban J connectivity index is 1.86. The first-order chi connectivity index (χ1) is 9.27. The highest BCUT2D eigenvalue weighted by Gasteiger charge is 2.44. The van der Waals surface area contributed by atoms with E-state index in [2.05, 4.69) is 0 Å². The van der Waals surface area contributed by atoms with E-state index >= 15 is 0 Å². The molecule has 0 heterocycles. The summed E-state index contributed by atoms with van der Waals surface area (Å²) >= 11 is 0. The molecule has 2 aliphatic rings. The van der Waals surface area contributed by atoms with Gasteiger partial charge in [0, 0.05) is 0 Å². The van der Waals surface area contributed by atoms with Crippen LogP contribution in [0.3, 0.4) is 0 Å². The van der Waals surface area contributed by atoms with Crippen LogP contribution in [0, 0.1) is 0 Å². The van der Waals surface area contributed by atoms with Crippen molar-refractivity contribution in [2.75, 3.05) is 7.11 Å². The first-order valence-corrected chi connectivity index (χ1v) is 7.09. The molecule has 1 aromatic carbocycles. The van der Waals surface area contributed by atoms with E-state index < -0.39 is 0 Å². The van der Waals surface area contributed by atoms with Crippen LogP contribution in [0.4, 0.5) is 0 Å². The Bertz CT molecular complexity index is 471. The molecule has 1 aromatic rings. The molecule has 0 saturated heterocycles. The fourth-order valence-corrected chi connectivity index (χ4v) is 2.87. The third-order valence-corrected chi connectivity index (χ3v) is 4.35. The molecule has 0 aromatic heterocycles. The molecule has 0 amide bonds. The lowest BCUT2D eigenvalue weighted by atomic mass is 9.97. The van der Waals surface area contributed by atoms with Crippen molar-refractivity contribution in [3.8, 4) is 11.5 Å². The number of ether oxygens (including phenoxy) is 2. The molecule has 19 heavy (non-hydrogen) atoms. The summed E-state index contributed by atoms with van der Waals surface area (Å²) in [5.74, 6) is 1.55. The van der Waals surface area contributed by atoms with E-state index in [0.29, 0.717) is 6.10 Å². The Kier molecular flexibility index (Phi) is 3.21. The number of hydrogen-bond donors (Lipinski definition) is 0. The van der Waals surface area contributed by atoms with Gasteiger partial charge in [0.1, 0.15) is 6.29 Å². The van der Waals surface area contributed by atoms with E-state index in [9.17, 15) is 4.79 Å². The van der Waals surface area contributed by atoms with Crippen LogP contribution in [0.2, 0.25) is 0 Å². The standard InChI is InChI=1S/C16H20O3/c1-18-14-7-6-12(16(11-17)8-9-16)10-15(14)19-13-4-2-3-5-13/h6-7,10-11,13H,2-5,8-9H2,1H3. The quantitative estimate of drug-likeness (QED) is 0.762. The maximum Gasteiger partial charge on any atom is 0.161 e. The van der Waals surface area contributed by atoms with Crippen LogP contribution in [0.5, 0.6) is 11.5 Å². The van der Waals surface area contributed by atoms with Gasteiger partial charge in [0.25, 0.3) is 0 Å². The average Bonchev–Trinajstić information content (AvgIpc) is 3.09. The molecule has 102 valence electrons. The number of carbonyl (C=O) groups is 1. The van der Waals surface area contributed by atoms with Gasteiger partial charge >= 0.3 is 0 Å². The van der Waals surface area contributed by atoms with E-state index in [0.717, 1.165) is 49.0 Å². The van der Waals surface area contributed by atoms with E-state index in [1.807, 2.05) is 18.2 Å². The third-order valence-electron chi connectivity index (χ3n) is 4.35. The van der Waals surface area contributed by atoms with Gasteiger partial charge < -0.3 is 14.3 Å². The zero-order valence-electron chi connectivity index (χ0n) is 11.4. The van der Waals surface area contributed by atoms with Crippen LogP contribution >= 0.6 is 0 Å². The minimum Gasteiger partial charge on any atom is -0.493 e. The van der Waals surface area contributed by atoms with Gasteiger partial charge in [-0.05, 0) is 56.2 Å². The fourth-order valence-electron chi connectivity index (χ4n) is 2.87. The van der Waals surface area contributed by atoms with Crippen LogP contribution < -0.4 is 9.47 Å². The van der Waals surface area contributed by atoms with Crippen LogP contribution in [-0.4, -0.2) is 19.5 Å². The molecule has 0 radical (unpaired) electrons. The number of carbonyl (C=O) groups excluding carboxylic acids is 1. The lowest BCUT2D eigenvalue weighted by Gasteiger charge is -2.18. The van der Waals surface area contributed by atoms with Crippen molar-refractivity contribution in [1.82, 2.24) is 0 Å². The second kappa shape index (κ2) is 4.87. The van der Waals surface area contributed by atoms with E-state index in [-0.39, 0.29) is 5.41 Å². The van der Waals surface area contributed by atoms with Crippen LogP contribution in [-0.2, 0) is 10.2 Å². The highest BCUT2D eigenvalue weighted by atomic mass is 16.5. The number of rotatable bonds is 5. The van der Waals surface area contributed by atoms with Gasteiger partial charge in [-0.1, -0.05) is 6.07 Å². The molecule has 0 spiro atoms. The van der Waals surface area contributed by atoms with Crippen LogP contribution in [0.15, 0.2) is 18.2 Å². The van der Waals surface area contributed by atoms with Gasteiger partial charge in [-0.3, -0.25) is 0 Å². The maximum absolute atomic E-state index is 11.2. The zero-order valence-corrected chi connectivity index (χ0v) is 11.4. The van der Waals surface area contributed by atoms with Crippen molar-refractivity contribution in [3.63, 3.8) is 0 Å². The minimum atomic E-state index is -0.250. The predicted molar refractivity (Wildman–Crippen MR) is 72.9 cm³/mol. The molecule has 3 nitrogen and oxygen atoms in total. The highest BCUT2D eigenvalue weighted by molar-refractivity contribution is 5.73. The average molecular weight is 260 g/mol. The number of hydrogen-bond acceptors (Lipinski definition) is 3. The maximum atomic E-state index is 11.2. The zero-order chi connectivity index (χ0) is 13.3. The lowest BCUT2D eigenvalue weighted by Crippen LogP contribution is -2.13. The lowest BCUT2D eigenvalue weighted by molar-refractivity contribution is -0.109. The van der Waals surface area contributed by atoms with Crippen molar-refractivity contribution in [1.29, 1.82) is 0 Å². The van der Waals surface area contributed by atoms with Gasteiger partial charge in [-0.25, -0.2) is 0 Å². The largest absolute Gasteiger partial charge is 0.493 e. The molecular weight excluding hydrogens is 240 g/mol.